The van der Waals surface area contributed by atoms with Crippen molar-refractivity contribution in [3.8, 4) is 5.75 Å². The molecular formula is C22H37N5O2. The topological polar surface area (TPSA) is 61.4 Å². The fourth-order valence-electron chi connectivity index (χ4n) is 3.74. The summed E-state index contributed by atoms with van der Waals surface area (Å²) < 4.78 is 11.7. The van der Waals surface area contributed by atoms with Crippen LogP contribution >= 0.6 is 0 Å². The van der Waals surface area contributed by atoms with Crippen molar-refractivity contribution >= 4 is 5.96 Å². The van der Waals surface area contributed by atoms with E-state index in [0.717, 1.165) is 63.0 Å². The Morgan fingerprint density at radius 1 is 1.28 bits per heavy atom. The zero-order chi connectivity index (χ0) is 20.6. The molecule has 2 N–H and O–H groups in total. The second-order valence-corrected chi connectivity index (χ2v) is 8.21. The number of hydrogen-bond donors (Lipinski definition) is 2. The maximum absolute atomic E-state index is 6.20. The highest BCUT2D eigenvalue weighted by Crippen LogP contribution is 2.23. The molecule has 2 unspecified atom stereocenters. The third-order valence-corrected chi connectivity index (χ3v) is 5.80. The van der Waals surface area contributed by atoms with Gasteiger partial charge in [-0.05, 0) is 32.5 Å². The standard InChI is InChI=1S/C22H37N5O2/c1-17-5-6-19(21(13-17)29-20-7-12-28-16-20)15-25-22(23-3)24-14-18(2)27-10-8-26(4)9-11-27/h5-6,13,18,20H,7-12,14-16H2,1-4H3,(H2,23,24,25). The SMILES string of the molecule is CN=C(NCc1ccc(C)cc1OC1CCOC1)NCC(C)N1CCN(C)CC1. The summed E-state index contributed by atoms with van der Waals surface area (Å²) in [4.78, 5) is 9.31. The second-order valence-electron chi connectivity index (χ2n) is 8.21. The van der Waals surface area contributed by atoms with Crippen molar-refractivity contribution in [1.29, 1.82) is 0 Å². The summed E-state index contributed by atoms with van der Waals surface area (Å²) in [6.07, 6.45) is 1.10. The molecule has 3 rings (SSSR count). The van der Waals surface area contributed by atoms with Crippen LogP contribution in [0.5, 0.6) is 5.75 Å². The summed E-state index contributed by atoms with van der Waals surface area (Å²) in [6.45, 7) is 11.9. The first-order valence-corrected chi connectivity index (χ1v) is 10.8. The Morgan fingerprint density at radius 2 is 2.07 bits per heavy atom. The Balaban J connectivity index is 1.50. The summed E-state index contributed by atoms with van der Waals surface area (Å²) in [7, 11) is 4.01. The van der Waals surface area contributed by atoms with E-state index in [2.05, 4.69) is 64.5 Å². The molecule has 2 heterocycles. The molecule has 7 nitrogen and oxygen atoms in total. The number of rotatable bonds is 7. The highest BCUT2D eigenvalue weighted by molar-refractivity contribution is 5.79. The average molecular weight is 404 g/mol. The van der Waals surface area contributed by atoms with Gasteiger partial charge in [0.15, 0.2) is 5.96 Å². The summed E-state index contributed by atoms with van der Waals surface area (Å²) in [6, 6.07) is 6.85. The molecule has 2 fully saturated rings. The molecule has 0 bridgehead atoms. The molecule has 2 aliphatic rings. The van der Waals surface area contributed by atoms with Gasteiger partial charge >= 0.3 is 0 Å². The Bertz CT molecular complexity index is 667. The van der Waals surface area contributed by atoms with Crippen LogP contribution in [0, 0.1) is 6.92 Å². The highest BCUT2D eigenvalue weighted by Gasteiger charge is 2.20. The van der Waals surface area contributed by atoms with E-state index in [9.17, 15) is 0 Å². The Kier molecular flexibility index (Phi) is 8.15. The maximum Gasteiger partial charge on any atom is 0.191 e. The van der Waals surface area contributed by atoms with E-state index < -0.39 is 0 Å². The fraction of sp³-hybridized carbons (Fsp3) is 0.682. The summed E-state index contributed by atoms with van der Waals surface area (Å²) >= 11 is 0. The van der Waals surface area contributed by atoms with Gasteiger partial charge in [-0.3, -0.25) is 9.89 Å². The van der Waals surface area contributed by atoms with Gasteiger partial charge in [0.2, 0.25) is 0 Å². The van der Waals surface area contributed by atoms with Crippen LogP contribution < -0.4 is 15.4 Å². The van der Waals surface area contributed by atoms with Gasteiger partial charge in [0.05, 0.1) is 13.2 Å². The van der Waals surface area contributed by atoms with Gasteiger partial charge < -0.3 is 25.0 Å². The molecule has 0 aromatic heterocycles. The van der Waals surface area contributed by atoms with Gasteiger partial charge in [0.1, 0.15) is 11.9 Å². The average Bonchev–Trinajstić information content (AvgIpc) is 3.23. The van der Waals surface area contributed by atoms with Crippen LogP contribution in [0.1, 0.15) is 24.5 Å². The third-order valence-electron chi connectivity index (χ3n) is 5.80. The number of likely N-dealkylation sites (N-methyl/N-ethyl adjacent to an activating group) is 1. The predicted molar refractivity (Wildman–Crippen MR) is 118 cm³/mol. The van der Waals surface area contributed by atoms with E-state index in [1.54, 1.807) is 0 Å². The molecule has 0 aliphatic carbocycles. The molecule has 0 saturated carbocycles. The van der Waals surface area contributed by atoms with Crippen molar-refractivity contribution in [1.82, 2.24) is 20.4 Å². The lowest BCUT2D eigenvalue weighted by Crippen LogP contribution is -2.52. The number of benzene rings is 1. The van der Waals surface area contributed by atoms with Gasteiger partial charge in [-0.1, -0.05) is 12.1 Å². The molecule has 0 spiro atoms. The quantitative estimate of drug-likeness (QED) is 0.531. The van der Waals surface area contributed by atoms with Crippen LogP contribution in [-0.2, 0) is 11.3 Å². The number of guanidine groups is 1. The number of hydrogen-bond acceptors (Lipinski definition) is 5. The molecule has 7 heteroatoms. The van der Waals surface area contributed by atoms with Crippen molar-refractivity contribution in [3.05, 3.63) is 29.3 Å². The van der Waals surface area contributed by atoms with E-state index in [0.29, 0.717) is 19.2 Å². The van der Waals surface area contributed by atoms with Gasteiger partial charge in [-0.2, -0.15) is 0 Å². The lowest BCUT2D eigenvalue weighted by molar-refractivity contribution is 0.120. The van der Waals surface area contributed by atoms with Crippen molar-refractivity contribution in [2.75, 3.05) is 60.0 Å². The van der Waals surface area contributed by atoms with E-state index in [1.807, 2.05) is 7.05 Å². The number of ether oxygens (including phenoxy) is 2. The van der Waals surface area contributed by atoms with Crippen molar-refractivity contribution < 1.29 is 9.47 Å². The lowest BCUT2D eigenvalue weighted by atomic mass is 10.1. The summed E-state index contributed by atoms with van der Waals surface area (Å²) in [5.74, 6) is 1.76. The first kappa shape index (κ1) is 21.9. The molecular weight excluding hydrogens is 366 g/mol. The number of aryl methyl sites for hydroxylation is 1. The van der Waals surface area contributed by atoms with E-state index in [1.165, 1.54) is 5.56 Å². The monoisotopic (exact) mass is 403 g/mol. The molecule has 2 atom stereocenters. The Morgan fingerprint density at radius 3 is 2.76 bits per heavy atom. The summed E-state index contributed by atoms with van der Waals surface area (Å²) in [5.41, 5.74) is 2.34. The third kappa shape index (κ3) is 6.59. The van der Waals surface area contributed by atoms with E-state index >= 15 is 0 Å². The van der Waals surface area contributed by atoms with Crippen LogP contribution in [0.4, 0.5) is 0 Å². The van der Waals surface area contributed by atoms with E-state index in [4.69, 9.17) is 9.47 Å². The van der Waals surface area contributed by atoms with Crippen LogP contribution in [0.25, 0.3) is 0 Å². The van der Waals surface area contributed by atoms with Crippen molar-refractivity contribution in [3.63, 3.8) is 0 Å². The molecule has 1 aromatic rings. The van der Waals surface area contributed by atoms with Crippen molar-refractivity contribution in [2.45, 2.75) is 39.0 Å². The molecule has 29 heavy (non-hydrogen) atoms. The van der Waals surface area contributed by atoms with Gasteiger partial charge in [0, 0.05) is 64.3 Å². The number of nitrogens with zero attached hydrogens (tertiary/aromatic N) is 3. The smallest absolute Gasteiger partial charge is 0.191 e. The fourth-order valence-corrected chi connectivity index (χ4v) is 3.74. The first-order valence-electron chi connectivity index (χ1n) is 10.8. The molecule has 2 saturated heterocycles. The molecule has 2 aliphatic heterocycles. The second kappa shape index (κ2) is 10.8. The zero-order valence-electron chi connectivity index (χ0n) is 18.4. The number of nitrogens with one attached hydrogen (secondary N) is 2. The van der Waals surface area contributed by atoms with Crippen LogP contribution in [0.3, 0.4) is 0 Å². The largest absolute Gasteiger partial charge is 0.488 e. The zero-order valence-corrected chi connectivity index (χ0v) is 18.4. The summed E-state index contributed by atoms with van der Waals surface area (Å²) in [5, 5.41) is 6.91. The normalized spacial score (nSPS) is 22.5. The number of aliphatic imine (C=N–C) groups is 1. The van der Waals surface area contributed by atoms with Crippen LogP contribution in [-0.4, -0.2) is 87.9 Å². The minimum Gasteiger partial charge on any atom is -0.488 e. The van der Waals surface area contributed by atoms with Gasteiger partial charge in [0.25, 0.3) is 0 Å². The first-order chi connectivity index (χ1) is 14.0. The van der Waals surface area contributed by atoms with E-state index in [-0.39, 0.29) is 6.10 Å². The van der Waals surface area contributed by atoms with Crippen molar-refractivity contribution in [2.24, 2.45) is 4.99 Å². The Hall–Kier alpha value is -1.83. The number of piperazine rings is 1. The molecule has 0 amide bonds. The maximum atomic E-state index is 6.20. The molecule has 0 radical (unpaired) electrons. The van der Waals surface area contributed by atoms with Gasteiger partial charge in [-0.15, -0.1) is 0 Å². The Labute approximate surface area is 175 Å². The predicted octanol–water partition coefficient (Wildman–Crippen LogP) is 1.46. The molecule has 162 valence electrons. The van der Waals surface area contributed by atoms with Crippen LogP contribution in [0.15, 0.2) is 23.2 Å². The van der Waals surface area contributed by atoms with Gasteiger partial charge in [-0.25, -0.2) is 0 Å². The highest BCUT2D eigenvalue weighted by atomic mass is 16.5. The van der Waals surface area contributed by atoms with Crippen LogP contribution in [0.2, 0.25) is 0 Å². The minimum absolute atomic E-state index is 0.150. The molecule has 1 aromatic carbocycles. The minimum atomic E-state index is 0.150. The lowest BCUT2D eigenvalue weighted by Gasteiger charge is -2.36.